The summed E-state index contributed by atoms with van der Waals surface area (Å²) in [5.74, 6) is -0.199. The summed E-state index contributed by atoms with van der Waals surface area (Å²) < 4.78 is 6.09. The molecule has 5 heteroatoms. The van der Waals surface area contributed by atoms with E-state index in [2.05, 4.69) is 43.4 Å². The van der Waals surface area contributed by atoms with Crippen LogP contribution < -0.4 is 10.1 Å². The van der Waals surface area contributed by atoms with Crippen LogP contribution in [-0.4, -0.2) is 17.0 Å². The second kappa shape index (κ2) is 12.2. The van der Waals surface area contributed by atoms with E-state index in [0.29, 0.717) is 30.4 Å². The third-order valence-corrected chi connectivity index (χ3v) is 6.41. The number of aliphatic carboxylic acids is 1. The molecule has 4 aromatic rings. The number of carbonyl (C=O) groups excluding carboxylic acids is 1. The maximum atomic E-state index is 13.7. The number of nitrogens with one attached hydrogen (secondary N) is 1. The zero-order valence-corrected chi connectivity index (χ0v) is 21.3. The first-order chi connectivity index (χ1) is 17.9. The molecule has 0 radical (unpaired) electrons. The van der Waals surface area contributed by atoms with Crippen LogP contribution in [0.15, 0.2) is 91.0 Å². The van der Waals surface area contributed by atoms with Crippen LogP contribution in [0.2, 0.25) is 0 Å². The predicted octanol–water partition coefficient (Wildman–Crippen LogP) is 7.20. The minimum absolute atomic E-state index is 0.0520. The molecule has 0 heterocycles. The molecule has 0 saturated carbocycles. The highest BCUT2D eigenvalue weighted by Gasteiger charge is 2.24. The van der Waals surface area contributed by atoms with Crippen LogP contribution in [0.4, 0.5) is 5.69 Å². The van der Waals surface area contributed by atoms with E-state index in [4.69, 9.17) is 9.84 Å². The molecule has 0 aromatic heterocycles. The van der Waals surface area contributed by atoms with E-state index in [9.17, 15) is 9.59 Å². The lowest BCUT2D eigenvalue weighted by Gasteiger charge is -2.22. The van der Waals surface area contributed by atoms with Crippen molar-refractivity contribution in [3.05, 3.63) is 108 Å². The number of carboxylic acid groups (broad SMARTS) is 1. The van der Waals surface area contributed by atoms with E-state index in [-0.39, 0.29) is 18.2 Å². The average Bonchev–Trinajstić information content (AvgIpc) is 2.90. The highest BCUT2D eigenvalue weighted by Crippen LogP contribution is 2.33. The average molecular weight is 496 g/mol. The van der Waals surface area contributed by atoms with Crippen molar-refractivity contribution in [2.24, 2.45) is 5.92 Å². The van der Waals surface area contributed by atoms with Gasteiger partial charge in [-0.25, -0.2) is 0 Å². The lowest BCUT2D eigenvalue weighted by Crippen LogP contribution is -2.23. The fraction of sp³-hybridized carbons (Fsp3) is 0.250. The number of fused-ring (bicyclic) bond motifs is 1. The molecule has 2 N–H and O–H groups in total. The third kappa shape index (κ3) is 6.98. The summed E-state index contributed by atoms with van der Waals surface area (Å²) >= 11 is 0. The molecule has 0 bridgehead atoms. The van der Waals surface area contributed by atoms with Gasteiger partial charge in [0.15, 0.2) is 0 Å². The Hall–Kier alpha value is -4.12. The number of aryl methyl sites for hydroxylation is 1. The monoisotopic (exact) mass is 495 g/mol. The van der Waals surface area contributed by atoms with Crippen molar-refractivity contribution >= 4 is 28.3 Å². The zero-order valence-electron chi connectivity index (χ0n) is 21.3. The van der Waals surface area contributed by atoms with Crippen molar-refractivity contribution < 1.29 is 19.4 Å². The van der Waals surface area contributed by atoms with Crippen LogP contribution in [0.1, 0.15) is 49.3 Å². The van der Waals surface area contributed by atoms with E-state index in [1.807, 2.05) is 66.7 Å². The van der Waals surface area contributed by atoms with Gasteiger partial charge in [0.25, 0.3) is 0 Å². The van der Waals surface area contributed by atoms with E-state index in [0.717, 1.165) is 33.9 Å². The molecule has 5 nitrogen and oxygen atoms in total. The number of rotatable bonds is 11. The Morgan fingerprint density at radius 2 is 1.51 bits per heavy atom. The first-order valence-corrected chi connectivity index (χ1v) is 12.7. The SMILES string of the molecule is CC(C)CC(C(=O)Nc1ccccc1OCc1ccc(CCC(=O)O)cc1)c1cccc2ccccc12. The highest BCUT2D eigenvalue weighted by molar-refractivity contribution is 6.00. The molecule has 1 unspecified atom stereocenters. The first kappa shape index (κ1) is 26.0. The predicted molar refractivity (Wildman–Crippen MR) is 148 cm³/mol. The van der Waals surface area contributed by atoms with Gasteiger partial charge >= 0.3 is 5.97 Å². The molecule has 0 aliphatic heterocycles. The molecule has 1 amide bonds. The van der Waals surface area contributed by atoms with E-state index >= 15 is 0 Å². The first-order valence-electron chi connectivity index (χ1n) is 12.7. The van der Waals surface area contributed by atoms with E-state index in [1.165, 1.54) is 0 Å². The molecule has 0 spiro atoms. The molecule has 0 aliphatic rings. The second-order valence-electron chi connectivity index (χ2n) is 9.73. The highest BCUT2D eigenvalue weighted by atomic mass is 16.5. The Labute approximate surface area is 218 Å². The van der Waals surface area contributed by atoms with Gasteiger partial charge in [0.2, 0.25) is 5.91 Å². The summed E-state index contributed by atoms with van der Waals surface area (Å²) in [6, 6.07) is 29.5. The summed E-state index contributed by atoms with van der Waals surface area (Å²) in [6.45, 7) is 4.61. The minimum Gasteiger partial charge on any atom is -0.487 e. The summed E-state index contributed by atoms with van der Waals surface area (Å²) in [4.78, 5) is 24.4. The van der Waals surface area contributed by atoms with E-state index in [1.54, 1.807) is 0 Å². The van der Waals surface area contributed by atoms with Crippen molar-refractivity contribution in [1.29, 1.82) is 0 Å². The van der Waals surface area contributed by atoms with Gasteiger partial charge in [-0.2, -0.15) is 0 Å². The number of ether oxygens (including phenoxy) is 1. The minimum atomic E-state index is -0.804. The summed E-state index contributed by atoms with van der Waals surface area (Å²) in [7, 11) is 0. The number of anilines is 1. The standard InChI is InChI=1S/C32H33NO4/c1-22(2)20-28(27-11-7-9-25-8-3-4-10-26(25)27)32(36)33-29-12-5-6-13-30(29)37-21-24-16-14-23(15-17-24)18-19-31(34)35/h3-17,22,28H,18-21H2,1-2H3,(H,33,36)(H,34,35). The van der Waals surface area contributed by atoms with Crippen LogP contribution in [0.25, 0.3) is 10.8 Å². The Morgan fingerprint density at radius 1 is 0.838 bits per heavy atom. The van der Waals surface area contributed by atoms with Gasteiger partial charge in [0.1, 0.15) is 12.4 Å². The van der Waals surface area contributed by atoms with Gasteiger partial charge in [-0.3, -0.25) is 9.59 Å². The fourth-order valence-corrected chi connectivity index (χ4v) is 4.53. The molecular formula is C32H33NO4. The number of hydrogen-bond donors (Lipinski definition) is 2. The number of hydrogen-bond acceptors (Lipinski definition) is 3. The Balaban J connectivity index is 1.49. The fourth-order valence-electron chi connectivity index (χ4n) is 4.53. The van der Waals surface area contributed by atoms with Crippen molar-refractivity contribution in [2.45, 2.75) is 45.6 Å². The topological polar surface area (TPSA) is 75.6 Å². The van der Waals surface area contributed by atoms with Gasteiger partial charge in [0, 0.05) is 6.42 Å². The Morgan fingerprint density at radius 3 is 2.27 bits per heavy atom. The van der Waals surface area contributed by atoms with Crippen LogP contribution in [0, 0.1) is 5.92 Å². The molecular weight excluding hydrogens is 462 g/mol. The maximum absolute atomic E-state index is 13.7. The van der Waals surface area contributed by atoms with Gasteiger partial charge in [-0.1, -0.05) is 92.7 Å². The number of benzene rings is 4. The van der Waals surface area contributed by atoms with Gasteiger partial charge in [0.05, 0.1) is 11.6 Å². The summed E-state index contributed by atoms with van der Waals surface area (Å²) in [6.07, 6.45) is 1.34. The van der Waals surface area contributed by atoms with E-state index < -0.39 is 5.97 Å². The molecule has 0 aliphatic carbocycles. The quantitative estimate of drug-likeness (QED) is 0.231. The molecule has 4 rings (SSSR count). The molecule has 0 fully saturated rings. The van der Waals surface area contributed by atoms with Gasteiger partial charge in [-0.05, 0) is 58.4 Å². The Kier molecular flexibility index (Phi) is 8.57. The van der Waals surface area contributed by atoms with Crippen LogP contribution in [-0.2, 0) is 22.6 Å². The van der Waals surface area contributed by atoms with Crippen LogP contribution in [0.3, 0.4) is 0 Å². The van der Waals surface area contributed by atoms with Crippen LogP contribution in [0.5, 0.6) is 5.75 Å². The summed E-state index contributed by atoms with van der Waals surface area (Å²) in [5, 5.41) is 14.2. The van der Waals surface area contributed by atoms with Crippen molar-refractivity contribution in [1.82, 2.24) is 0 Å². The maximum Gasteiger partial charge on any atom is 0.303 e. The molecule has 4 aromatic carbocycles. The van der Waals surface area contributed by atoms with Crippen molar-refractivity contribution in [3.63, 3.8) is 0 Å². The van der Waals surface area contributed by atoms with Gasteiger partial charge in [-0.15, -0.1) is 0 Å². The number of carbonyl (C=O) groups is 2. The molecule has 1 atom stereocenters. The smallest absolute Gasteiger partial charge is 0.303 e. The molecule has 0 saturated heterocycles. The summed E-state index contributed by atoms with van der Waals surface area (Å²) in [5.41, 5.74) is 3.61. The second-order valence-corrected chi connectivity index (χ2v) is 9.73. The zero-order chi connectivity index (χ0) is 26.2. The van der Waals surface area contributed by atoms with Crippen molar-refractivity contribution in [3.8, 4) is 5.75 Å². The largest absolute Gasteiger partial charge is 0.487 e. The lowest BCUT2D eigenvalue weighted by atomic mass is 9.86. The molecule has 37 heavy (non-hydrogen) atoms. The normalized spacial score (nSPS) is 11.9. The third-order valence-electron chi connectivity index (χ3n) is 6.41. The number of amides is 1. The van der Waals surface area contributed by atoms with Gasteiger partial charge < -0.3 is 15.2 Å². The van der Waals surface area contributed by atoms with Crippen LogP contribution >= 0.6 is 0 Å². The van der Waals surface area contributed by atoms with Crippen molar-refractivity contribution in [2.75, 3.05) is 5.32 Å². The number of carboxylic acids is 1. The number of para-hydroxylation sites is 2. The Bertz CT molecular complexity index is 1360. The lowest BCUT2D eigenvalue weighted by molar-refractivity contribution is -0.137. The molecule has 190 valence electrons.